The zero-order valence-corrected chi connectivity index (χ0v) is 19.3. The number of aryl methyl sites for hydroxylation is 2. The number of rotatable bonds is 6. The van der Waals surface area contributed by atoms with Crippen LogP contribution in [0.4, 0.5) is 0 Å². The van der Waals surface area contributed by atoms with Crippen LogP contribution < -0.4 is 10.9 Å². The van der Waals surface area contributed by atoms with Gasteiger partial charge in [0.25, 0.3) is 5.56 Å². The molecule has 4 rings (SSSR count). The van der Waals surface area contributed by atoms with E-state index in [1.54, 1.807) is 11.3 Å². The molecule has 0 unspecified atom stereocenters. The van der Waals surface area contributed by atoms with Gasteiger partial charge in [0, 0.05) is 22.5 Å². The van der Waals surface area contributed by atoms with Crippen LogP contribution in [0, 0.1) is 13.8 Å². The fraction of sp³-hybridized carbons (Fsp3) is 0.200. The second-order valence-corrected chi connectivity index (χ2v) is 9.15. The number of pyridine rings is 1. The van der Waals surface area contributed by atoms with Crippen LogP contribution in [0.2, 0.25) is 0 Å². The van der Waals surface area contributed by atoms with Crippen LogP contribution in [0.25, 0.3) is 10.9 Å². The van der Waals surface area contributed by atoms with E-state index in [1.165, 1.54) is 16.0 Å². The lowest BCUT2D eigenvalue weighted by Crippen LogP contribution is -2.39. The molecule has 2 heterocycles. The summed E-state index contributed by atoms with van der Waals surface area (Å²) in [6, 6.07) is 20.4. The number of nitrogens with zero attached hydrogens (tertiary/aromatic N) is 1. The van der Waals surface area contributed by atoms with Crippen molar-refractivity contribution in [3.05, 3.63) is 104 Å². The monoisotopic (exact) mass is 447 g/mol. The van der Waals surface area contributed by atoms with Crippen LogP contribution in [0.3, 0.4) is 0 Å². The highest BCUT2D eigenvalue weighted by Gasteiger charge is 2.15. The first-order valence-corrected chi connectivity index (χ1v) is 11.5. The third kappa shape index (κ3) is 5.21. The predicted molar refractivity (Wildman–Crippen MR) is 133 cm³/mol. The molecule has 0 atom stereocenters. The highest BCUT2D eigenvalue weighted by molar-refractivity contribution is 7.80. The standard InChI is InChI=1S/C25H25N3OS2/c1-17-11-20-13-21(24(29)27-23(20)12-18(17)2)15-28(16-22-9-6-10-31-22)25(30)26-14-19-7-4-3-5-8-19/h3-13H,14-16H2,1-2H3,(H,26,30)(H,27,29). The fourth-order valence-corrected chi connectivity index (χ4v) is 4.44. The third-order valence-electron chi connectivity index (χ3n) is 5.40. The normalized spacial score (nSPS) is 10.9. The van der Waals surface area contributed by atoms with E-state index in [9.17, 15) is 4.79 Å². The summed E-state index contributed by atoms with van der Waals surface area (Å²) < 4.78 is 0. The Bertz CT molecular complexity index is 1250. The van der Waals surface area contributed by atoms with E-state index < -0.39 is 0 Å². The van der Waals surface area contributed by atoms with Gasteiger partial charge in [0.05, 0.1) is 13.1 Å². The zero-order chi connectivity index (χ0) is 21.8. The van der Waals surface area contributed by atoms with Gasteiger partial charge in [-0.05, 0) is 77.8 Å². The maximum absolute atomic E-state index is 12.8. The van der Waals surface area contributed by atoms with Gasteiger partial charge in [0.1, 0.15) is 0 Å². The Hall–Kier alpha value is -2.96. The lowest BCUT2D eigenvalue weighted by molar-refractivity contribution is 0.400. The number of benzene rings is 2. The smallest absolute Gasteiger partial charge is 0.253 e. The molecule has 0 saturated carbocycles. The number of thiophene rings is 1. The number of nitrogens with one attached hydrogen (secondary N) is 2. The number of H-pyrrole nitrogens is 1. The van der Waals surface area contributed by atoms with Crippen molar-refractivity contribution >= 4 is 39.6 Å². The highest BCUT2D eigenvalue weighted by Crippen LogP contribution is 2.19. The van der Waals surface area contributed by atoms with Gasteiger partial charge in [-0.25, -0.2) is 0 Å². The topological polar surface area (TPSA) is 48.1 Å². The highest BCUT2D eigenvalue weighted by atomic mass is 32.1. The van der Waals surface area contributed by atoms with Crippen LogP contribution >= 0.6 is 23.6 Å². The van der Waals surface area contributed by atoms with Crippen LogP contribution in [-0.4, -0.2) is 15.0 Å². The van der Waals surface area contributed by atoms with Gasteiger partial charge in [0.2, 0.25) is 0 Å². The number of fused-ring (bicyclic) bond motifs is 1. The quantitative estimate of drug-likeness (QED) is 0.395. The Morgan fingerprint density at radius 2 is 1.81 bits per heavy atom. The van der Waals surface area contributed by atoms with E-state index in [0.717, 1.165) is 16.5 Å². The molecular weight excluding hydrogens is 422 g/mol. The molecule has 31 heavy (non-hydrogen) atoms. The molecule has 2 aromatic carbocycles. The van der Waals surface area contributed by atoms with Gasteiger partial charge in [0.15, 0.2) is 5.11 Å². The van der Waals surface area contributed by atoms with E-state index in [0.29, 0.717) is 30.3 Å². The van der Waals surface area contributed by atoms with Crippen molar-refractivity contribution in [3.8, 4) is 0 Å². The molecule has 6 heteroatoms. The fourth-order valence-electron chi connectivity index (χ4n) is 3.52. The first-order valence-electron chi connectivity index (χ1n) is 10.2. The minimum atomic E-state index is -0.0715. The number of hydrogen-bond acceptors (Lipinski definition) is 3. The van der Waals surface area contributed by atoms with E-state index in [-0.39, 0.29) is 5.56 Å². The molecule has 0 fully saturated rings. The lowest BCUT2D eigenvalue weighted by Gasteiger charge is -2.25. The van der Waals surface area contributed by atoms with Gasteiger partial charge in [-0.3, -0.25) is 4.79 Å². The largest absolute Gasteiger partial charge is 0.358 e. The Morgan fingerprint density at radius 3 is 2.55 bits per heavy atom. The number of thiocarbonyl (C=S) groups is 1. The minimum absolute atomic E-state index is 0.0715. The van der Waals surface area contributed by atoms with Crippen molar-refractivity contribution < 1.29 is 0 Å². The summed E-state index contributed by atoms with van der Waals surface area (Å²) in [5.41, 5.74) is 5.04. The molecule has 2 aromatic heterocycles. The molecule has 0 aliphatic carbocycles. The summed E-state index contributed by atoms with van der Waals surface area (Å²) in [7, 11) is 0. The molecule has 0 radical (unpaired) electrons. The van der Waals surface area contributed by atoms with E-state index in [1.807, 2.05) is 36.4 Å². The van der Waals surface area contributed by atoms with Crippen LogP contribution in [0.15, 0.2) is 70.8 Å². The first-order chi connectivity index (χ1) is 15.0. The molecule has 0 bridgehead atoms. The Balaban J connectivity index is 1.59. The van der Waals surface area contributed by atoms with Crippen LogP contribution in [-0.2, 0) is 19.6 Å². The molecule has 0 aliphatic rings. The second kappa shape index (κ2) is 9.45. The molecule has 2 N–H and O–H groups in total. The molecule has 0 saturated heterocycles. The summed E-state index contributed by atoms with van der Waals surface area (Å²) >= 11 is 7.42. The summed E-state index contributed by atoms with van der Waals surface area (Å²) in [5.74, 6) is 0. The predicted octanol–water partition coefficient (Wildman–Crippen LogP) is 5.28. The summed E-state index contributed by atoms with van der Waals surface area (Å²) in [4.78, 5) is 19.1. The summed E-state index contributed by atoms with van der Waals surface area (Å²) in [5, 5.41) is 7.09. The molecule has 158 valence electrons. The van der Waals surface area contributed by atoms with E-state index >= 15 is 0 Å². The van der Waals surface area contributed by atoms with Crippen molar-refractivity contribution in [1.82, 2.24) is 15.2 Å². The Labute approximate surface area is 191 Å². The molecule has 0 amide bonds. The minimum Gasteiger partial charge on any atom is -0.358 e. The Kier molecular flexibility index (Phi) is 6.49. The van der Waals surface area contributed by atoms with Gasteiger partial charge in [-0.1, -0.05) is 36.4 Å². The number of aromatic nitrogens is 1. The molecule has 0 aliphatic heterocycles. The van der Waals surface area contributed by atoms with E-state index in [2.05, 4.69) is 58.7 Å². The van der Waals surface area contributed by atoms with Crippen LogP contribution in [0.1, 0.15) is 27.1 Å². The van der Waals surface area contributed by atoms with Crippen molar-refractivity contribution in [1.29, 1.82) is 0 Å². The third-order valence-corrected chi connectivity index (χ3v) is 6.66. The number of hydrogen-bond donors (Lipinski definition) is 2. The van der Waals surface area contributed by atoms with E-state index in [4.69, 9.17) is 12.2 Å². The van der Waals surface area contributed by atoms with Crippen molar-refractivity contribution in [2.45, 2.75) is 33.5 Å². The van der Waals surface area contributed by atoms with Crippen molar-refractivity contribution in [2.75, 3.05) is 0 Å². The van der Waals surface area contributed by atoms with Crippen molar-refractivity contribution in [2.24, 2.45) is 0 Å². The maximum Gasteiger partial charge on any atom is 0.253 e. The maximum atomic E-state index is 12.8. The van der Waals surface area contributed by atoms with Gasteiger partial charge in [-0.2, -0.15) is 0 Å². The summed E-state index contributed by atoms with van der Waals surface area (Å²) in [6.07, 6.45) is 0. The SMILES string of the molecule is Cc1cc2cc(CN(Cc3cccs3)C(=S)NCc3ccccc3)c(=O)[nH]c2cc1C. The molecular formula is C25H25N3OS2. The average Bonchev–Trinajstić information content (AvgIpc) is 3.27. The first kappa shape index (κ1) is 21.3. The van der Waals surface area contributed by atoms with Crippen LogP contribution in [0.5, 0.6) is 0 Å². The molecule has 4 aromatic rings. The zero-order valence-electron chi connectivity index (χ0n) is 17.6. The molecule has 4 nitrogen and oxygen atoms in total. The van der Waals surface area contributed by atoms with Gasteiger partial charge < -0.3 is 15.2 Å². The summed E-state index contributed by atoms with van der Waals surface area (Å²) in [6.45, 7) is 5.89. The Morgan fingerprint density at radius 1 is 1.03 bits per heavy atom. The van der Waals surface area contributed by atoms with Crippen molar-refractivity contribution in [3.63, 3.8) is 0 Å². The lowest BCUT2D eigenvalue weighted by atomic mass is 10.0. The number of aromatic amines is 1. The second-order valence-electron chi connectivity index (χ2n) is 7.73. The average molecular weight is 448 g/mol. The van der Waals surface area contributed by atoms with Gasteiger partial charge in [-0.15, -0.1) is 11.3 Å². The van der Waals surface area contributed by atoms with Gasteiger partial charge >= 0.3 is 0 Å². The molecule has 0 spiro atoms.